The SMILES string of the molecule is CC(C)(C)O.CC1(O)CCC1. The van der Waals surface area contributed by atoms with Crippen molar-refractivity contribution in [2.45, 2.75) is 58.2 Å². The maximum Gasteiger partial charge on any atom is 0.0619 e. The Morgan fingerprint density at radius 1 is 1.18 bits per heavy atom. The summed E-state index contributed by atoms with van der Waals surface area (Å²) in [6.07, 6.45) is 3.23. The van der Waals surface area contributed by atoms with Crippen LogP contribution in [0.3, 0.4) is 0 Å². The molecule has 1 fully saturated rings. The maximum absolute atomic E-state index is 8.91. The van der Waals surface area contributed by atoms with Gasteiger partial charge in [0.15, 0.2) is 0 Å². The second-order valence-electron chi connectivity index (χ2n) is 4.52. The minimum absolute atomic E-state index is 0.278. The molecule has 1 saturated carbocycles. The summed E-state index contributed by atoms with van der Waals surface area (Å²) in [4.78, 5) is 0. The number of hydrogen-bond acceptors (Lipinski definition) is 2. The minimum atomic E-state index is -0.500. The molecule has 1 aliphatic rings. The lowest BCUT2D eigenvalue weighted by Gasteiger charge is -2.31. The lowest BCUT2D eigenvalue weighted by molar-refractivity contribution is -0.0147. The highest BCUT2D eigenvalue weighted by Crippen LogP contribution is 2.29. The highest BCUT2D eigenvalue weighted by molar-refractivity contribution is 4.81. The van der Waals surface area contributed by atoms with Gasteiger partial charge < -0.3 is 10.2 Å². The molecule has 0 unspecified atom stereocenters. The van der Waals surface area contributed by atoms with Gasteiger partial charge in [-0.05, 0) is 47.0 Å². The van der Waals surface area contributed by atoms with Gasteiger partial charge in [0.1, 0.15) is 0 Å². The Kier molecular flexibility index (Phi) is 3.52. The number of hydrogen-bond donors (Lipinski definition) is 2. The van der Waals surface area contributed by atoms with Crippen molar-refractivity contribution in [1.82, 2.24) is 0 Å². The van der Waals surface area contributed by atoms with E-state index in [-0.39, 0.29) is 5.60 Å². The molecular formula is C9H20O2. The van der Waals surface area contributed by atoms with E-state index < -0.39 is 5.60 Å². The van der Waals surface area contributed by atoms with Crippen LogP contribution in [0.1, 0.15) is 47.0 Å². The van der Waals surface area contributed by atoms with E-state index in [2.05, 4.69) is 0 Å². The van der Waals surface area contributed by atoms with Crippen molar-refractivity contribution in [1.29, 1.82) is 0 Å². The maximum atomic E-state index is 8.91. The monoisotopic (exact) mass is 160 g/mol. The van der Waals surface area contributed by atoms with Gasteiger partial charge in [-0.15, -0.1) is 0 Å². The van der Waals surface area contributed by atoms with E-state index >= 15 is 0 Å². The van der Waals surface area contributed by atoms with E-state index in [4.69, 9.17) is 10.2 Å². The Hall–Kier alpha value is -0.0800. The number of aliphatic hydroxyl groups is 2. The third kappa shape index (κ3) is 9.92. The fourth-order valence-electron chi connectivity index (χ4n) is 0.688. The number of rotatable bonds is 0. The summed E-state index contributed by atoms with van der Waals surface area (Å²) >= 11 is 0. The Morgan fingerprint density at radius 2 is 1.36 bits per heavy atom. The van der Waals surface area contributed by atoms with Crippen molar-refractivity contribution < 1.29 is 10.2 Å². The normalized spacial score (nSPS) is 21.3. The van der Waals surface area contributed by atoms with E-state index in [1.54, 1.807) is 20.8 Å². The molecule has 0 spiro atoms. The highest BCUT2D eigenvalue weighted by atomic mass is 16.3. The smallest absolute Gasteiger partial charge is 0.0619 e. The van der Waals surface area contributed by atoms with Crippen molar-refractivity contribution in [2.24, 2.45) is 0 Å². The third-order valence-electron chi connectivity index (χ3n) is 1.43. The van der Waals surface area contributed by atoms with Crippen LogP contribution in [-0.2, 0) is 0 Å². The van der Waals surface area contributed by atoms with Crippen LogP contribution in [0.15, 0.2) is 0 Å². The van der Waals surface area contributed by atoms with Crippen LogP contribution in [0.25, 0.3) is 0 Å². The summed E-state index contributed by atoms with van der Waals surface area (Å²) in [5.41, 5.74) is -0.778. The fraction of sp³-hybridized carbons (Fsp3) is 1.00. The second-order valence-corrected chi connectivity index (χ2v) is 4.52. The van der Waals surface area contributed by atoms with Crippen LogP contribution < -0.4 is 0 Å². The molecule has 2 heteroatoms. The molecule has 0 atom stereocenters. The lowest BCUT2D eigenvalue weighted by atomic mass is 9.82. The van der Waals surface area contributed by atoms with Gasteiger partial charge in [0.05, 0.1) is 11.2 Å². The molecule has 0 bridgehead atoms. The first-order valence-corrected chi connectivity index (χ1v) is 4.15. The van der Waals surface area contributed by atoms with E-state index in [9.17, 15) is 0 Å². The van der Waals surface area contributed by atoms with Crippen molar-refractivity contribution in [3.05, 3.63) is 0 Å². The Morgan fingerprint density at radius 3 is 1.36 bits per heavy atom. The molecule has 1 rings (SSSR count). The fourth-order valence-corrected chi connectivity index (χ4v) is 0.688. The molecule has 0 aliphatic heterocycles. The van der Waals surface area contributed by atoms with E-state index in [0.29, 0.717) is 0 Å². The predicted octanol–water partition coefficient (Wildman–Crippen LogP) is 1.70. The van der Waals surface area contributed by atoms with Gasteiger partial charge >= 0.3 is 0 Å². The van der Waals surface area contributed by atoms with E-state index in [1.165, 1.54) is 6.42 Å². The molecule has 0 aromatic carbocycles. The Balaban J connectivity index is 0.000000187. The van der Waals surface area contributed by atoms with Crippen molar-refractivity contribution in [3.63, 3.8) is 0 Å². The predicted molar refractivity (Wildman–Crippen MR) is 46.4 cm³/mol. The summed E-state index contributed by atoms with van der Waals surface area (Å²) < 4.78 is 0. The average molecular weight is 160 g/mol. The molecule has 11 heavy (non-hydrogen) atoms. The first-order valence-electron chi connectivity index (χ1n) is 4.15. The zero-order chi connectivity index (χ0) is 9.12. The van der Waals surface area contributed by atoms with Crippen LogP contribution >= 0.6 is 0 Å². The third-order valence-corrected chi connectivity index (χ3v) is 1.43. The minimum Gasteiger partial charge on any atom is -0.391 e. The van der Waals surface area contributed by atoms with E-state index in [0.717, 1.165) is 12.8 Å². The highest BCUT2D eigenvalue weighted by Gasteiger charge is 2.27. The van der Waals surface area contributed by atoms with Gasteiger partial charge in [0.2, 0.25) is 0 Å². The van der Waals surface area contributed by atoms with Gasteiger partial charge in [-0.1, -0.05) is 0 Å². The van der Waals surface area contributed by atoms with Crippen LogP contribution in [0.4, 0.5) is 0 Å². The van der Waals surface area contributed by atoms with Gasteiger partial charge in [-0.25, -0.2) is 0 Å². The largest absolute Gasteiger partial charge is 0.391 e. The molecule has 0 aromatic rings. The Labute approximate surface area is 69.2 Å². The molecule has 0 heterocycles. The van der Waals surface area contributed by atoms with Crippen molar-refractivity contribution in [3.8, 4) is 0 Å². The van der Waals surface area contributed by atoms with Gasteiger partial charge in [0.25, 0.3) is 0 Å². The Bertz CT molecular complexity index is 99.2. The summed E-state index contributed by atoms with van der Waals surface area (Å²) in [5.74, 6) is 0. The summed E-state index contributed by atoms with van der Waals surface area (Å²) in [7, 11) is 0. The standard InChI is InChI=1S/C5H10O.C4H10O/c1-5(6)3-2-4-5;1-4(2,3)5/h6H,2-4H2,1H3;5H,1-3H3. The summed E-state index contributed by atoms with van der Waals surface area (Å²) in [5, 5.41) is 17.4. The lowest BCUT2D eigenvalue weighted by Crippen LogP contribution is -2.32. The van der Waals surface area contributed by atoms with Gasteiger partial charge in [0, 0.05) is 0 Å². The zero-order valence-electron chi connectivity index (χ0n) is 8.02. The van der Waals surface area contributed by atoms with Crippen LogP contribution in [-0.4, -0.2) is 21.4 Å². The first-order chi connectivity index (χ1) is 4.71. The van der Waals surface area contributed by atoms with Crippen LogP contribution in [0, 0.1) is 0 Å². The van der Waals surface area contributed by atoms with Crippen molar-refractivity contribution in [2.75, 3.05) is 0 Å². The molecule has 2 N–H and O–H groups in total. The second kappa shape index (κ2) is 3.55. The molecule has 0 radical (unpaired) electrons. The molecule has 68 valence electrons. The molecule has 0 aromatic heterocycles. The van der Waals surface area contributed by atoms with Gasteiger partial charge in [-0.2, -0.15) is 0 Å². The molecule has 0 amide bonds. The summed E-state index contributed by atoms with van der Waals surface area (Å²) in [6, 6.07) is 0. The molecule has 2 nitrogen and oxygen atoms in total. The molecule has 0 saturated heterocycles. The average Bonchev–Trinajstić information content (AvgIpc) is 1.57. The van der Waals surface area contributed by atoms with Gasteiger partial charge in [-0.3, -0.25) is 0 Å². The molecular weight excluding hydrogens is 140 g/mol. The molecule has 1 aliphatic carbocycles. The van der Waals surface area contributed by atoms with Crippen molar-refractivity contribution >= 4 is 0 Å². The van der Waals surface area contributed by atoms with E-state index in [1.807, 2.05) is 6.92 Å². The zero-order valence-corrected chi connectivity index (χ0v) is 8.02. The summed E-state index contributed by atoms with van der Waals surface area (Å²) in [6.45, 7) is 7.11. The van der Waals surface area contributed by atoms with Crippen LogP contribution in [0.5, 0.6) is 0 Å². The van der Waals surface area contributed by atoms with Crippen LogP contribution in [0.2, 0.25) is 0 Å². The quantitative estimate of drug-likeness (QED) is 0.566. The topological polar surface area (TPSA) is 40.5 Å². The first kappa shape index (κ1) is 10.9.